The number of carbonyl (C=O) groups is 2. The smallest absolute Gasteiger partial charge is 0.268 e. The van der Waals surface area contributed by atoms with Gasteiger partial charge >= 0.3 is 0 Å². The van der Waals surface area contributed by atoms with Crippen LogP contribution in [-0.4, -0.2) is 17.1 Å². The van der Waals surface area contributed by atoms with E-state index >= 15 is 0 Å². The molecule has 0 aromatic heterocycles. The van der Waals surface area contributed by atoms with Gasteiger partial charge in [0.05, 0.1) is 16.2 Å². The monoisotopic (exact) mass is 405 g/mol. The highest BCUT2D eigenvalue weighted by Crippen LogP contribution is 2.40. The molecule has 0 bridgehead atoms. The maximum absolute atomic E-state index is 13.2. The molecule has 1 aliphatic heterocycles. The van der Waals surface area contributed by atoms with Gasteiger partial charge in [-0.15, -0.1) is 11.8 Å². The first-order valence-corrected chi connectivity index (χ1v) is 9.74. The average molecular weight is 406 g/mol. The molecule has 0 atom stereocenters. The third-order valence-corrected chi connectivity index (χ3v) is 5.36. The zero-order valence-electron chi connectivity index (χ0n) is 14.5. The molecule has 6 heteroatoms. The van der Waals surface area contributed by atoms with Gasteiger partial charge in [-0.3, -0.25) is 9.59 Å². The fourth-order valence-corrected chi connectivity index (χ4v) is 4.23. The third-order valence-electron chi connectivity index (χ3n) is 3.84. The van der Waals surface area contributed by atoms with Crippen LogP contribution in [0.3, 0.4) is 0 Å². The molecular weight excluding hydrogens is 389 g/mol. The Hall–Kier alpha value is -1.75. The molecule has 1 aliphatic rings. The van der Waals surface area contributed by atoms with Gasteiger partial charge in [0.2, 0.25) is 0 Å². The van der Waals surface area contributed by atoms with E-state index < -0.39 is 0 Å². The van der Waals surface area contributed by atoms with Crippen LogP contribution < -0.4 is 4.90 Å². The Bertz CT molecular complexity index is 900. The van der Waals surface area contributed by atoms with Crippen molar-refractivity contribution in [3.63, 3.8) is 0 Å². The van der Waals surface area contributed by atoms with Crippen LogP contribution in [-0.2, 0) is 9.59 Å². The summed E-state index contributed by atoms with van der Waals surface area (Å²) >= 11 is 13.5. The molecule has 0 radical (unpaired) electrons. The van der Waals surface area contributed by atoms with Gasteiger partial charge in [0, 0.05) is 15.3 Å². The predicted molar refractivity (Wildman–Crippen MR) is 110 cm³/mol. The zero-order valence-corrected chi connectivity index (χ0v) is 16.9. The second-order valence-corrected chi connectivity index (χ2v) is 8.77. The number of carbonyl (C=O) groups excluding carboxylic acids is 2. The Labute approximate surface area is 167 Å². The van der Waals surface area contributed by atoms with Crippen LogP contribution in [0.1, 0.15) is 25.0 Å². The molecule has 0 saturated heterocycles. The molecular formula is C20H17Cl2NO2S. The predicted octanol–water partition coefficient (Wildman–Crippen LogP) is 5.73. The Morgan fingerprint density at radius 3 is 2.04 bits per heavy atom. The standard InChI is InChI=1S/C20H17Cl2NO2S/c1-11(2)26-18-17(13-6-4-12(3)5-7-13)19(24)23(20(18)25)16-9-14(21)8-15(22)10-16/h4-11H,1-3H3. The molecule has 0 unspecified atom stereocenters. The maximum atomic E-state index is 13.2. The van der Waals surface area contributed by atoms with E-state index in [1.807, 2.05) is 45.0 Å². The molecule has 0 aliphatic carbocycles. The van der Waals surface area contributed by atoms with Crippen LogP contribution in [0.2, 0.25) is 10.0 Å². The van der Waals surface area contributed by atoms with Crippen LogP contribution in [0.15, 0.2) is 47.4 Å². The van der Waals surface area contributed by atoms with E-state index in [9.17, 15) is 9.59 Å². The lowest BCUT2D eigenvalue weighted by molar-refractivity contribution is -0.119. The van der Waals surface area contributed by atoms with Crippen molar-refractivity contribution in [2.45, 2.75) is 26.0 Å². The summed E-state index contributed by atoms with van der Waals surface area (Å²) in [6.45, 7) is 5.95. The minimum atomic E-state index is -0.361. The number of aryl methyl sites for hydroxylation is 1. The molecule has 0 saturated carbocycles. The van der Waals surface area contributed by atoms with Crippen LogP contribution >= 0.6 is 35.0 Å². The minimum Gasteiger partial charge on any atom is -0.268 e. The Kier molecular flexibility index (Phi) is 5.47. The van der Waals surface area contributed by atoms with Crippen LogP contribution in [0.5, 0.6) is 0 Å². The second-order valence-electron chi connectivity index (χ2n) is 6.31. The first-order valence-electron chi connectivity index (χ1n) is 8.10. The highest BCUT2D eigenvalue weighted by atomic mass is 35.5. The fourth-order valence-electron chi connectivity index (χ4n) is 2.73. The van der Waals surface area contributed by atoms with Gasteiger partial charge in [0.1, 0.15) is 0 Å². The molecule has 26 heavy (non-hydrogen) atoms. The van der Waals surface area contributed by atoms with Crippen molar-refractivity contribution in [1.82, 2.24) is 0 Å². The summed E-state index contributed by atoms with van der Waals surface area (Å²) in [6, 6.07) is 12.3. The van der Waals surface area contributed by atoms with Crippen molar-refractivity contribution in [3.8, 4) is 0 Å². The Morgan fingerprint density at radius 1 is 0.923 bits per heavy atom. The number of rotatable bonds is 4. The van der Waals surface area contributed by atoms with Crippen molar-refractivity contribution in [1.29, 1.82) is 0 Å². The maximum Gasteiger partial charge on any atom is 0.272 e. The van der Waals surface area contributed by atoms with Crippen molar-refractivity contribution in [2.24, 2.45) is 0 Å². The number of hydrogen-bond donors (Lipinski definition) is 0. The lowest BCUT2D eigenvalue weighted by atomic mass is 10.0. The number of hydrogen-bond acceptors (Lipinski definition) is 3. The zero-order chi connectivity index (χ0) is 19.0. The summed E-state index contributed by atoms with van der Waals surface area (Å²) in [5.74, 6) is -0.706. The number of halogens is 2. The molecule has 0 fully saturated rings. The van der Waals surface area contributed by atoms with E-state index in [0.717, 1.165) is 16.0 Å². The average Bonchev–Trinajstić information content (AvgIpc) is 2.77. The van der Waals surface area contributed by atoms with Gasteiger partial charge in [-0.1, -0.05) is 66.9 Å². The van der Waals surface area contributed by atoms with Crippen LogP contribution in [0.25, 0.3) is 5.57 Å². The molecule has 0 N–H and O–H groups in total. The molecule has 0 spiro atoms. The minimum absolute atomic E-state index is 0.157. The number of amides is 2. The fraction of sp³-hybridized carbons (Fsp3) is 0.200. The van der Waals surface area contributed by atoms with E-state index in [-0.39, 0.29) is 17.1 Å². The molecule has 2 amide bonds. The van der Waals surface area contributed by atoms with Gasteiger partial charge in [0.15, 0.2) is 0 Å². The van der Waals surface area contributed by atoms with E-state index in [0.29, 0.717) is 26.2 Å². The van der Waals surface area contributed by atoms with Gasteiger partial charge in [-0.25, -0.2) is 4.90 Å². The summed E-state index contributed by atoms with van der Waals surface area (Å²) in [7, 11) is 0. The van der Waals surface area contributed by atoms with Gasteiger partial charge in [-0.05, 0) is 30.7 Å². The number of anilines is 1. The van der Waals surface area contributed by atoms with E-state index in [1.165, 1.54) is 11.8 Å². The first-order chi connectivity index (χ1) is 12.3. The molecule has 134 valence electrons. The van der Waals surface area contributed by atoms with Gasteiger partial charge in [-0.2, -0.15) is 0 Å². The molecule has 1 heterocycles. The van der Waals surface area contributed by atoms with Crippen LogP contribution in [0, 0.1) is 6.92 Å². The molecule has 3 nitrogen and oxygen atoms in total. The summed E-state index contributed by atoms with van der Waals surface area (Å²) in [5, 5.41) is 0.898. The summed E-state index contributed by atoms with van der Waals surface area (Å²) in [5.41, 5.74) is 2.61. The van der Waals surface area contributed by atoms with Crippen molar-refractivity contribution in [3.05, 3.63) is 68.5 Å². The number of benzene rings is 2. The SMILES string of the molecule is Cc1ccc(C2=C(SC(C)C)C(=O)N(c3cc(Cl)cc(Cl)c3)C2=O)cc1. The van der Waals surface area contributed by atoms with E-state index in [2.05, 4.69) is 0 Å². The Morgan fingerprint density at radius 2 is 1.50 bits per heavy atom. The van der Waals surface area contributed by atoms with Crippen molar-refractivity contribution < 1.29 is 9.59 Å². The van der Waals surface area contributed by atoms with Crippen molar-refractivity contribution >= 4 is 58.0 Å². The van der Waals surface area contributed by atoms with Crippen molar-refractivity contribution in [2.75, 3.05) is 4.90 Å². The van der Waals surface area contributed by atoms with Gasteiger partial charge in [0.25, 0.3) is 11.8 Å². The molecule has 2 aromatic carbocycles. The largest absolute Gasteiger partial charge is 0.272 e. The quantitative estimate of drug-likeness (QED) is 0.609. The molecule has 2 aromatic rings. The Balaban J connectivity index is 2.12. The highest BCUT2D eigenvalue weighted by molar-refractivity contribution is 8.04. The summed E-state index contributed by atoms with van der Waals surface area (Å²) in [4.78, 5) is 27.8. The second kappa shape index (κ2) is 7.47. The highest BCUT2D eigenvalue weighted by Gasteiger charge is 2.40. The molecule has 3 rings (SSSR count). The first kappa shape index (κ1) is 19.0. The number of imide groups is 1. The van der Waals surface area contributed by atoms with E-state index in [1.54, 1.807) is 18.2 Å². The lowest BCUT2D eigenvalue weighted by Gasteiger charge is -2.16. The van der Waals surface area contributed by atoms with Gasteiger partial charge < -0.3 is 0 Å². The summed E-state index contributed by atoms with van der Waals surface area (Å²) in [6.07, 6.45) is 0. The summed E-state index contributed by atoms with van der Waals surface area (Å²) < 4.78 is 0. The third kappa shape index (κ3) is 3.68. The van der Waals surface area contributed by atoms with Crippen LogP contribution in [0.4, 0.5) is 5.69 Å². The number of thioether (sulfide) groups is 1. The number of nitrogens with zero attached hydrogens (tertiary/aromatic N) is 1. The van der Waals surface area contributed by atoms with E-state index in [4.69, 9.17) is 23.2 Å². The topological polar surface area (TPSA) is 37.4 Å². The lowest BCUT2D eigenvalue weighted by Crippen LogP contribution is -2.31. The normalized spacial score (nSPS) is 14.8.